The van der Waals surface area contributed by atoms with Gasteiger partial charge < -0.3 is 31.5 Å². The van der Waals surface area contributed by atoms with Crippen molar-refractivity contribution in [3.8, 4) is 0 Å². The summed E-state index contributed by atoms with van der Waals surface area (Å²) in [4.78, 5) is 60.7. The van der Waals surface area contributed by atoms with Crippen LogP contribution in [-0.2, 0) is 24.0 Å². The summed E-state index contributed by atoms with van der Waals surface area (Å²) in [5, 5.41) is 22.6. The lowest BCUT2D eigenvalue weighted by Crippen LogP contribution is -2.58. The second-order valence-electron chi connectivity index (χ2n) is 7.53. The summed E-state index contributed by atoms with van der Waals surface area (Å²) in [6, 6.07) is -3.92. The van der Waals surface area contributed by atoms with E-state index in [9.17, 15) is 24.0 Å². The molecule has 0 aliphatic carbocycles. The third-order valence-corrected chi connectivity index (χ3v) is 4.80. The van der Waals surface area contributed by atoms with Gasteiger partial charge in [-0.3, -0.25) is 24.0 Å². The quantitative estimate of drug-likeness (QED) is 0.299. The van der Waals surface area contributed by atoms with Crippen molar-refractivity contribution in [1.82, 2.24) is 15.5 Å². The highest BCUT2D eigenvalue weighted by Crippen LogP contribution is 2.20. The predicted molar refractivity (Wildman–Crippen MR) is 102 cm³/mol. The average molecular weight is 414 g/mol. The Morgan fingerprint density at radius 3 is 2.24 bits per heavy atom. The van der Waals surface area contributed by atoms with Gasteiger partial charge in [0.05, 0.1) is 6.04 Å². The monoisotopic (exact) mass is 414 g/mol. The lowest BCUT2D eigenvalue weighted by Gasteiger charge is -2.31. The molecule has 0 spiro atoms. The molecule has 1 fully saturated rings. The number of carboxylic acids is 2. The molecule has 1 saturated heterocycles. The Bertz CT molecular complexity index is 652. The van der Waals surface area contributed by atoms with Gasteiger partial charge in [0.2, 0.25) is 17.7 Å². The molecule has 3 amide bonds. The minimum absolute atomic E-state index is 0.0675. The van der Waals surface area contributed by atoms with E-state index in [4.69, 9.17) is 15.9 Å². The third kappa shape index (κ3) is 7.00. The van der Waals surface area contributed by atoms with E-state index in [1.54, 1.807) is 13.8 Å². The smallest absolute Gasteiger partial charge is 0.325 e. The molecule has 0 bridgehead atoms. The number of carboxylic acid groups (broad SMARTS) is 2. The molecule has 0 radical (unpaired) electrons. The van der Waals surface area contributed by atoms with Gasteiger partial charge in [0.25, 0.3) is 0 Å². The van der Waals surface area contributed by atoms with E-state index in [-0.39, 0.29) is 18.8 Å². The van der Waals surface area contributed by atoms with Gasteiger partial charge in [-0.2, -0.15) is 0 Å². The fraction of sp³-hybridized carbons (Fsp3) is 0.722. The van der Waals surface area contributed by atoms with Gasteiger partial charge >= 0.3 is 11.9 Å². The number of hydrogen-bond donors (Lipinski definition) is 5. The minimum Gasteiger partial charge on any atom is -0.481 e. The van der Waals surface area contributed by atoms with E-state index >= 15 is 0 Å². The van der Waals surface area contributed by atoms with Crippen molar-refractivity contribution in [2.45, 2.75) is 70.6 Å². The predicted octanol–water partition coefficient (Wildman–Crippen LogP) is -1.10. The van der Waals surface area contributed by atoms with Crippen molar-refractivity contribution in [1.29, 1.82) is 0 Å². The Kier molecular flexibility index (Phi) is 9.02. The highest BCUT2D eigenvalue weighted by Gasteiger charge is 2.39. The summed E-state index contributed by atoms with van der Waals surface area (Å²) in [6.45, 7) is 5.09. The van der Waals surface area contributed by atoms with E-state index in [0.29, 0.717) is 19.4 Å². The van der Waals surface area contributed by atoms with Crippen molar-refractivity contribution < 1.29 is 34.2 Å². The van der Waals surface area contributed by atoms with E-state index in [0.717, 1.165) is 0 Å². The number of rotatable bonds is 10. The van der Waals surface area contributed by atoms with Crippen LogP contribution in [0.4, 0.5) is 0 Å². The molecule has 0 aromatic carbocycles. The standard InChI is InChI=1S/C18H30N4O7/c1-9(2)14(21-15(25)11(19)6-7-13(23)24)17(27)22-8-4-5-12(22)16(26)20-10(3)18(28)29/h9-12,14H,4-8,19H2,1-3H3,(H,20,26)(H,21,25)(H,23,24)(H,28,29). The van der Waals surface area contributed by atoms with Crippen LogP contribution in [0, 0.1) is 5.92 Å². The first-order valence-electron chi connectivity index (χ1n) is 9.57. The fourth-order valence-corrected chi connectivity index (χ4v) is 3.04. The number of aliphatic carboxylic acids is 2. The second-order valence-corrected chi connectivity index (χ2v) is 7.53. The number of hydrogen-bond acceptors (Lipinski definition) is 6. The minimum atomic E-state index is -1.18. The van der Waals surface area contributed by atoms with Gasteiger partial charge in [0.1, 0.15) is 18.1 Å². The first-order valence-corrected chi connectivity index (χ1v) is 9.57. The van der Waals surface area contributed by atoms with Gasteiger partial charge in [-0.15, -0.1) is 0 Å². The summed E-state index contributed by atoms with van der Waals surface area (Å²) in [5.74, 6) is -4.22. The Morgan fingerprint density at radius 1 is 1.10 bits per heavy atom. The third-order valence-electron chi connectivity index (χ3n) is 4.80. The van der Waals surface area contributed by atoms with Crippen molar-refractivity contribution in [3.05, 3.63) is 0 Å². The molecule has 0 aromatic heterocycles. The number of nitrogens with zero attached hydrogens (tertiary/aromatic N) is 1. The van der Waals surface area contributed by atoms with E-state index < -0.39 is 53.8 Å². The van der Waals surface area contributed by atoms with Crippen molar-refractivity contribution >= 4 is 29.7 Å². The highest BCUT2D eigenvalue weighted by atomic mass is 16.4. The van der Waals surface area contributed by atoms with E-state index in [1.165, 1.54) is 11.8 Å². The Labute approximate surface area is 169 Å². The molecule has 11 nitrogen and oxygen atoms in total. The van der Waals surface area contributed by atoms with E-state index in [1.807, 2.05) is 0 Å². The molecule has 4 unspecified atom stereocenters. The number of nitrogens with one attached hydrogen (secondary N) is 2. The van der Waals surface area contributed by atoms with Gasteiger partial charge in [-0.25, -0.2) is 0 Å². The molecule has 1 heterocycles. The van der Waals surface area contributed by atoms with Crippen LogP contribution in [0.15, 0.2) is 0 Å². The molecule has 1 aliphatic heterocycles. The van der Waals surface area contributed by atoms with Gasteiger partial charge in [0, 0.05) is 13.0 Å². The zero-order valence-electron chi connectivity index (χ0n) is 16.9. The van der Waals surface area contributed by atoms with Crippen LogP contribution in [0.3, 0.4) is 0 Å². The zero-order valence-corrected chi connectivity index (χ0v) is 16.9. The molecule has 29 heavy (non-hydrogen) atoms. The van der Waals surface area contributed by atoms with Crippen molar-refractivity contribution in [2.24, 2.45) is 11.7 Å². The Balaban J connectivity index is 2.84. The molecule has 6 N–H and O–H groups in total. The van der Waals surface area contributed by atoms with Crippen LogP contribution in [0.25, 0.3) is 0 Å². The maximum absolute atomic E-state index is 13.0. The second kappa shape index (κ2) is 10.7. The first kappa shape index (κ1) is 24.3. The van der Waals surface area contributed by atoms with Crippen LogP contribution < -0.4 is 16.4 Å². The fourth-order valence-electron chi connectivity index (χ4n) is 3.04. The van der Waals surface area contributed by atoms with Crippen molar-refractivity contribution in [2.75, 3.05) is 6.54 Å². The van der Waals surface area contributed by atoms with Crippen LogP contribution in [0.5, 0.6) is 0 Å². The van der Waals surface area contributed by atoms with Crippen LogP contribution >= 0.6 is 0 Å². The van der Waals surface area contributed by atoms with Crippen LogP contribution in [-0.4, -0.2) is 75.5 Å². The van der Waals surface area contributed by atoms with Crippen molar-refractivity contribution in [3.63, 3.8) is 0 Å². The highest BCUT2D eigenvalue weighted by molar-refractivity contribution is 5.94. The maximum atomic E-state index is 13.0. The molecule has 0 aromatic rings. The topological polar surface area (TPSA) is 179 Å². The Hall–Kier alpha value is -2.69. The summed E-state index contributed by atoms with van der Waals surface area (Å²) in [6.07, 6.45) is 0.621. The summed E-state index contributed by atoms with van der Waals surface area (Å²) >= 11 is 0. The summed E-state index contributed by atoms with van der Waals surface area (Å²) in [5.41, 5.74) is 5.71. The molecule has 0 saturated carbocycles. The average Bonchev–Trinajstić information content (AvgIpc) is 3.12. The summed E-state index contributed by atoms with van der Waals surface area (Å²) in [7, 11) is 0. The SMILES string of the molecule is CC(NC(=O)C1CCCN1C(=O)C(NC(=O)C(N)CCC(=O)O)C(C)C)C(=O)O. The van der Waals surface area contributed by atoms with Crippen LogP contribution in [0.2, 0.25) is 0 Å². The van der Waals surface area contributed by atoms with Crippen LogP contribution in [0.1, 0.15) is 46.5 Å². The normalized spacial score (nSPS) is 19.3. The van der Waals surface area contributed by atoms with E-state index in [2.05, 4.69) is 10.6 Å². The van der Waals surface area contributed by atoms with Gasteiger partial charge in [-0.05, 0) is 32.1 Å². The molecule has 1 rings (SSSR count). The first-order chi connectivity index (χ1) is 13.5. The summed E-state index contributed by atoms with van der Waals surface area (Å²) < 4.78 is 0. The molecule has 164 valence electrons. The maximum Gasteiger partial charge on any atom is 0.325 e. The molecular formula is C18H30N4O7. The number of nitrogens with two attached hydrogens (primary N) is 1. The number of carbonyl (C=O) groups excluding carboxylic acids is 3. The molecule has 1 aliphatic rings. The lowest BCUT2D eigenvalue weighted by molar-refractivity contribution is -0.145. The molecule has 11 heteroatoms. The molecule has 4 atom stereocenters. The van der Waals surface area contributed by atoms with Gasteiger partial charge in [0.15, 0.2) is 0 Å². The molecular weight excluding hydrogens is 384 g/mol. The number of likely N-dealkylation sites (tertiary alicyclic amines) is 1. The number of carbonyl (C=O) groups is 5. The van der Waals surface area contributed by atoms with Gasteiger partial charge in [-0.1, -0.05) is 13.8 Å². The Morgan fingerprint density at radius 2 is 1.72 bits per heavy atom. The lowest BCUT2D eigenvalue weighted by atomic mass is 10.0. The zero-order chi connectivity index (χ0) is 22.3. The number of amides is 3. The largest absolute Gasteiger partial charge is 0.481 e.